The summed E-state index contributed by atoms with van der Waals surface area (Å²) in [7, 11) is 2.24. The van der Waals surface area contributed by atoms with Crippen LogP contribution in [0, 0.1) is 0 Å². The quantitative estimate of drug-likeness (QED) is 0.715. The maximum absolute atomic E-state index is 5.95. The van der Waals surface area contributed by atoms with Gasteiger partial charge in [-0.05, 0) is 45.0 Å². The Kier molecular flexibility index (Phi) is 4.57. The third kappa shape index (κ3) is 3.27. The minimum atomic E-state index is 0.507. The van der Waals surface area contributed by atoms with Crippen LogP contribution in [0.15, 0.2) is 22.7 Å². The number of alkyl halides is 1. The maximum atomic E-state index is 5.95. The second-order valence-corrected chi connectivity index (χ2v) is 7.25. The monoisotopic (exact) mass is 369 g/mol. The van der Waals surface area contributed by atoms with Crippen molar-refractivity contribution >= 4 is 38.6 Å². The maximum Gasteiger partial charge on any atom is 0.111 e. The van der Waals surface area contributed by atoms with Crippen LogP contribution < -0.4 is 0 Å². The summed E-state index contributed by atoms with van der Waals surface area (Å²) in [5.41, 5.74) is 2.25. The molecule has 3 rings (SSSR count). The van der Waals surface area contributed by atoms with Gasteiger partial charge in [0.15, 0.2) is 0 Å². The van der Waals surface area contributed by atoms with Gasteiger partial charge >= 0.3 is 0 Å². The van der Waals surface area contributed by atoms with Gasteiger partial charge < -0.3 is 4.57 Å². The number of imidazole rings is 1. The molecule has 0 bridgehead atoms. The first-order chi connectivity index (χ1) is 10.1. The van der Waals surface area contributed by atoms with Gasteiger partial charge in [-0.1, -0.05) is 15.9 Å². The summed E-state index contributed by atoms with van der Waals surface area (Å²) in [6.45, 7) is 3.27. The van der Waals surface area contributed by atoms with E-state index in [1.54, 1.807) is 0 Å². The van der Waals surface area contributed by atoms with Gasteiger partial charge in [0.25, 0.3) is 0 Å². The Morgan fingerprint density at radius 3 is 2.90 bits per heavy atom. The van der Waals surface area contributed by atoms with E-state index in [1.165, 1.54) is 18.4 Å². The van der Waals surface area contributed by atoms with E-state index >= 15 is 0 Å². The lowest BCUT2D eigenvalue weighted by Gasteiger charge is -2.25. The summed E-state index contributed by atoms with van der Waals surface area (Å²) < 4.78 is 3.41. The van der Waals surface area contributed by atoms with Crippen molar-refractivity contribution in [3.63, 3.8) is 0 Å². The van der Waals surface area contributed by atoms with Crippen molar-refractivity contribution in [3.8, 4) is 0 Å². The molecule has 0 radical (unpaired) electrons. The lowest BCUT2D eigenvalue weighted by molar-refractivity contribution is 0.226. The van der Waals surface area contributed by atoms with Gasteiger partial charge in [0.05, 0.1) is 11.0 Å². The fourth-order valence-electron chi connectivity index (χ4n) is 2.87. The van der Waals surface area contributed by atoms with Crippen LogP contribution in [0.1, 0.15) is 25.6 Å². The second kappa shape index (κ2) is 6.27. The van der Waals surface area contributed by atoms with Crippen LogP contribution in [0.2, 0.25) is 0 Å². The summed E-state index contributed by atoms with van der Waals surface area (Å²) in [4.78, 5) is 7.26. The second-order valence-electron chi connectivity index (χ2n) is 5.96. The molecule has 1 saturated carbocycles. The Morgan fingerprint density at radius 2 is 2.24 bits per heavy atom. The first-order valence-electron chi connectivity index (χ1n) is 7.52. The van der Waals surface area contributed by atoms with Crippen LogP contribution in [-0.4, -0.2) is 39.5 Å². The SMILES string of the molecule is CC(Cn1c(CCCl)nc2cc(Br)ccc21)N(C)C1CC1. The number of rotatable bonds is 6. The van der Waals surface area contributed by atoms with Crippen LogP contribution in [0.3, 0.4) is 0 Å². The van der Waals surface area contributed by atoms with Gasteiger partial charge in [-0.3, -0.25) is 4.90 Å². The molecule has 21 heavy (non-hydrogen) atoms. The van der Waals surface area contributed by atoms with Crippen LogP contribution in [0.5, 0.6) is 0 Å². The van der Waals surface area contributed by atoms with Crippen molar-refractivity contribution in [3.05, 3.63) is 28.5 Å². The summed E-state index contributed by atoms with van der Waals surface area (Å²) >= 11 is 9.48. The van der Waals surface area contributed by atoms with Gasteiger partial charge in [-0.2, -0.15) is 0 Å². The zero-order valence-electron chi connectivity index (χ0n) is 12.5. The van der Waals surface area contributed by atoms with Crippen molar-refractivity contribution in [2.45, 2.75) is 44.8 Å². The Hall–Kier alpha value is -0.580. The number of aromatic nitrogens is 2. The van der Waals surface area contributed by atoms with E-state index in [2.05, 4.69) is 57.6 Å². The highest BCUT2D eigenvalue weighted by Crippen LogP contribution is 2.28. The number of aryl methyl sites for hydroxylation is 1. The number of nitrogens with zero attached hydrogens (tertiary/aromatic N) is 3. The van der Waals surface area contributed by atoms with Crippen LogP contribution in [0.4, 0.5) is 0 Å². The number of hydrogen-bond acceptors (Lipinski definition) is 2. The van der Waals surface area contributed by atoms with E-state index in [4.69, 9.17) is 16.6 Å². The molecule has 114 valence electrons. The van der Waals surface area contributed by atoms with Gasteiger partial charge in [0, 0.05) is 35.4 Å². The summed E-state index contributed by atoms with van der Waals surface area (Å²) in [6, 6.07) is 7.60. The topological polar surface area (TPSA) is 21.1 Å². The van der Waals surface area contributed by atoms with Gasteiger partial charge in [0.2, 0.25) is 0 Å². The molecule has 1 unspecified atom stereocenters. The average Bonchev–Trinajstić information content (AvgIpc) is 3.24. The zero-order chi connectivity index (χ0) is 15.0. The molecule has 1 fully saturated rings. The first kappa shape index (κ1) is 15.3. The highest BCUT2D eigenvalue weighted by Gasteiger charge is 2.29. The van der Waals surface area contributed by atoms with Gasteiger partial charge in [0.1, 0.15) is 5.82 Å². The van der Waals surface area contributed by atoms with E-state index in [0.717, 1.165) is 34.8 Å². The minimum absolute atomic E-state index is 0.507. The molecule has 0 N–H and O–H groups in total. The van der Waals surface area contributed by atoms with E-state index < -0.39 is 0 Å². The molecule has 0 aliphatic heterocycles. The third-order valence-corrected chi connectivity index (χ3v) is 5.05. The van der Waals surface area contributed by atoms with E-state index in [-0.39, 0.29) is 0 Å². The summed E-state index contributed by atoms with van der Waals surface area (Å²) in [6.07, 6.45) is 3.49. The van der Waals surface area contributed by atoms with Crippen molar-refractivity contribution < 1.29 is 0 Å². The number of halogens is 2. The molecule has 1 aliphatic rings. The molecule has 1 aromatic carbocycles. The van der Waals surface area contributed by atoms with Gasteiger partial charge in [-0.25, -0.2) is 4.98 Å². The van der Waals surface area contributed by atoms with Gasteiger partial charge in [-0.15, -0.1) is 11.6 Å². The standard InChI is InChI=1S/C16H21BrClN3/c1-11(20(2)13-4-5-13)10-21-15-6-3-12(17)9-14(15)19-16(21)7-8-18/h3,6,9,11,13H,4-5,7-8,10H2,1-2H3. The Morgan fingerprint density at radius 1 is 1.48 bits per heavy atom. The first-order valence-corrected chi connectivity index (χ1v) is 8.85. The van der Waals surface area contributed by atoms with Crippen molar-refractivity contribution in [2.24, 2.45) is 0 Å². The lowest BCUT2D eigenvalue weighted by atomic mass is 10.2. The fourth-order valence-corrected chi connectivity index (χ4v) is 3.38. The number of benzene rings is 1. The number of hydrogen-bond donors (Lipinski definition) is 0. The van der Waals surface area contributed by atoms with E-state index in [1.807, 2.05) is 0 Å². The number of fused-ring (bicyclic) bond motifs is 1. The predicted octanol–water partition coefficient (Wildman–Crippen LogP) is 4.06. The molecule has 0 amide bonds. The molecule has 1 aliphatic carbocycles. The Balaban J connectivity index is 1.92. The van der Waals surface area contributed by atoms with Crippen molar-refractivity contribution in [1.82, 2.24) is 14.5 Å². The van der Waals surface area contributed by atoms with Crippen molar-refractivity contribution in [2.75, 3.05) is 12.9 Å². The molecule has 3 nitrogen and oxygen atoms in total. The molecule has 0 spiro atoms. The third-order valence-electron chi connectivity index (χ3n) is 4.37. The van der Waals surface area contributed by atoms with E-state index in [0.29, 0.717) is 11.9 Å². The van der Waals surface area contributed by atoms with Crippen molar-refractivity contribution in [1.29, 1.82) is 0 Å². The van der Waals surface area contributed by atoms with Crippen LogP contribution in [-0.2, 0) is 13.0 Å². The Bertz CT molecular complexity index is 636. The summed E-state index contributed by atoms with van der Waals surface area (Å²) in [5, 5.41) is 0. The highest BCUT2D eigenvalue weighted by atomic mass is 79.9. The lowest BCUT2D eigenvalue weighted by Crippen LogP contribution is -2.34. The fraction of sp³-hybridized carbons (Fsp3) is 0.562. The van der Waals surface area contributed by atoms with Crippen LogP contribution in [0.25, 0.3) is 11.0 Å². The molecular weight excluding hydrogens is 350 g/mol. The largest absolute Gasteiger partial charge is 0.326 e. The molecule has 5 heteroatoms. The molecule has 1 aromatic heterocycles. The molecular formula is C16H21BrClN3. The normalized spacial score (nSPS) is 16.8. The molecule has 2 aromatic rings. The summed E-state index contributed by atoms with van der Waals surface area (Å²) in [5.74, 6) is 1.70. The Labute approximate surface area is 139 Å². The molecule has 0 saturated heterocycles. The predicted molar refractivity (Wildman–Crippen MR) is 92.1 cm³/mol. The molecule has 1 heterocycles. The van der Waals surface area contributed by atoms with Crippen LogP contribution >= 0.6 is 27.5 Å². The molecule has 1 atom stereocenters. The number of likely N-dealkylation sites (N-methyl/N-ethyl adjacent to an activating group) is 1. The van der Waals surface area contributed by atoms with E-state index in [9.17, 15) is 0 Å². The highest BCUT2D eigenvalue weighted by molar-refractivity contribution is 9.10. The smallest absolute Gasteiger partial charge is 0.111 e. The zero-order valence-corrected chi connectivity index (χ0v) is 14.9. The minimum Gasteiger partial charge on any atom is -0.326 e. The average molecular weight is 371 g/mol.